The van der Waals surface area contributed by atoms with Gasteiger partial charge in [0, 0.05) is 24.6 Å². The van der Waals surface area contributed by atoms with Crippen LogP contribution in [0.25, 0.3) is 0 Å². The summed E-state index contributed by atoms with van der Waals surface area (Å²) < 4.78 is 0. The predicted octanol–water partition coefficient (Wildman–Crippen LogP) is 4.91. The van der Waals surface area contributed by atoms with Crippen LogP contribution in [0, 0.1) is 0 Å². The van der Waals surface area contributed by atoms with E-state index in [-0.39, 0.29) is 23.1 Å². The van der Waals surface area contributed by atoms with Gasteiger partial charge >= 0.3 is 0 Å². The lowest BCUT2D eigenvalue weighted by Crippen LogP contribution is -2.19. The highest BCUT2D eigenvalue weighted by molar-refractivity contribution is 5.86. The van der Waals surface area contributed by atoms with Crippen molar-refractivity contribution in [1.82, 2.24) is 5.32 Å². The van der Waals surface area contributed by atoms with E-state index in [1.165, 1.54) is 12.1 Å². The van der Waals surface area contributed by atoms with Gasteiger partial charge in [-0.2, -0.15) is 5.11 Å². The van der Waals surface area contributed by atoms with Gasteiger partial charge in [0.1, 0.15) is 17.2 Å². The van der Waals surface area contributed by atoms with Gasteiger partial charge in [-0.05, 0) is 35.4 Å². The van der Waals surface area contributed by atoms with Crippen molar-refractivity contribution in [2.24, 2.45) is 10.2 Å². The molecule has 29 heavy (non-hydrogen) atoms. The van der Waals surface area contributed by atoms with Crippen LogP contribution in [0.4, 0.5) is 11.4 Å². The molecule has 6 nitrogen and oxygen atoms in total. The molecule has 0 saturated heterocycles. The summed E-state index contributed by atoms with van der Waals surface area (Å²) in [4.78, 5) is 11.2. The zero-order valence-corrected chi connectivity index (χ0v) is 15.7. The quantitative estimate of drug-likeness (QED) is 0.397. The van der Waals surface area contributed by atoms with E-state index in [4.69, 9.17) is 0 Å². The lowest BCUT2D eigenvalue weighted by Gasteiger charge is -2.07. The number of phenolic OH excluding ortho intramolecular Hbond substituents is 2. The lowest BCUT2D eigenvalue weighted by atomic mass is 10.0. The van der Waals surface area contributed by atoms with E-state index in [1.807, 2.05) is 42.5 Å². The standard InChI is InChI=1S/C23H21N3O3/c1-2-23(29)24-15-17-8-10-19(11-9-17)25-26-20-13-18(21(27)14-22(20)28)12-16-6-4-3-5-7-16/h2-11,13-14,27-28H,1,12,15H2,(H,24,29)/b26-25+. The third-order valence-electron chi connectivity index (χ3n) is 4.27. The van der Waals surface area contributed by atoms with Crippen molar-refractivity contribution >= 4 is 17.3 Å². The maximum absolute atomic E-state index is 11.2. The number of azo groups is 1. The zero-order valence-electron chi connectivity index (χ0n) is 15.7. The first-order valence-corrected chi connectivity index (χ1v) is 9.05. The Morgan fingerprint density at radius 3 is 2.34 bits per heavy atom. The summed E-state index contributed by atoms with van der Waals surface area (Å²) in [5.74, 6) is -0.370. The summed E-state index contributed by atoms with van der Waals surface area (Å²) in [5.41, 5.74) is 3.47. The average molecular weight is 387 g/mol. The molecule has 0 unspecified atom stereocenters. The fraction of sp³-hybridized carbons (Fsp3) is 0.0870. The highest BCUT2D eigenvalue weighted by Crippen LogP contribution is 2.35. The molecule has 3 N–H and O–H groups in total. The topological polar surface area (TPSA) is 94.3 Å². The number of benzene rings is 3. The van der Waals surface area contributed by atoms with Crippen molar-refractivity contribution in [2.45, 2.75) is 13.0 Å². The molecule has 0 saturated carbocycles. The van der Waals surface area contributed by atoms with Crippen LogP contribution in [0.15, 0.2) is 89.6 Å². The maximum Gasteiger partial charge on any atom is 0.243 e. The van der Waals surface area contributed by atoms with Gasteiger partial charge in [-0.1, -0.05) is 49.0 Å². The van der Waals surface area contributed by atoms with Gasteiger partial charge in [0.15, 0.2) is 0 Å². The highest BCUT2D eigenvalue weighted by Gasteiger charge is 2.09. The van der Waals surface area contributed by atoms with Crippen LogP contribution in [0.5, 0.6) is 11.5 Å². The van der Waals surface area contributed by atoms with E-state index in [9.17, 15) is 15.0 Å². The van der Waals surface area contributed by atoms with Crippen molar-refractivity contribution in [2.75, 3.05) is 0 Å². The highest BCUT2D eigenvalue weighted by atomic mass is 16.3. The molecule has 0 bridgehead atoms. The number of rotatable bonds is 7. The molecule has 3 aromatic carbocycles. The molecule has 0 fully saturated rings. The Hall–Kier alpha value is -3.93. The van der Waals surface area contributed by atoms with E-state index >= 15 is 0 Å². The lowest BCUT2D eigenvalue weighted by molar-refractivity contribution is -0.116. The summed E-state index contributed by atoms with van der Waals surface area (Å²) in [6, 6.07) is 19.8. The van der Waals surface area contributed by atoms with Gasteiger partial charge < -0.3 is 15.5 Å². The summed E-state index contributed by atoms with van der Waals surface area (Å²) in [6.45, 7) is 3.80. The van der Waals surface area contributed by atoms with Crippen LogP contribution < -0.4 is 5.32 Å². The smallest absolute Gasteiger partial charge is 0.243 e. The van der Waals surface area contributed by atoms with Gasteiger partial charge in [0.25, 0.3) is 0 Å². The predicted molar refractivity (Wildman–Crippen MR) is 112 cm³/mol. The number of carbonyl (C=O) groups excluding carboxylic acids is 1. The minimum atomic E-state index is -0.233. The SMILES string of the molecule is C=CC(=O)NCc1ccc(/N=N/c2cc(Cc3ccccc3)c(O)cc2O)cc1. The number of carbonyl (C=O) groups is 1. The van der Waals surface area contributed by atoms with Crippen LogP contribution >= 0.6 is 0 Å². The average Bonchev–Trinajstić information content (AvgIpc) is 2.74. The van der Waals surface area contributed by atoms with Crippen molar-refractivity contribution in [3.8, 4) is 11.5 Å². The van der Waals surface area contributed by atoms with Crippen LogP contribution in [-0.4, -0.2) is 16.1 Å². The number of aromatic hydroxyl groups is 2. The Morgan fingerprint density at radius 1 is 0.931 bits per heavy atom. The molecule has 3 aromatic rings. The second-order valence-electron chi connectivity index (χ2n) is 6.42. The first-order chi connectivity index (χ1) is 14.0. The normalized spacial score (nSPS) is 10.8. The molecular weight excluding hydrogens is 366 g/mol. The zero-order chi connectivity index (χ0) is 20.6. The summed E-state index contributed by atoms with van der Waals surface area (Å²) >= 11 is 0. The van der Waals surface area contributed by atoms with Crippen molar-refractivity contribution in [3.05, 3.63) is 96.1 Å². The molecule has 0 heterocycles. The molecule has 0 atom stereocenters. The maximum atomic E-state index is 11.2. The largest absolute Gasteiger partial charge is 0.508 e. The van der Waals surface area contributed by atoms with Crippen LogP contribution in [-0.2, 0) is 17.8 Å². The fourth-order valence-electron chi connectivity index (χ4n) is 2.70. The van der Waals surface area contributed by atoms with E-state index in [0.717, 1.165) is 11.1 Å². The van der Waals surface area contributed by atoms with E-state index in [2.05, 4.69) is 22.1 Å². The number of nitrogens with one attached hydrogen (secondary N) is 1. The van der Waals surface area contributed by atoms with E-state index in [0.29, 0.717) is 24.2 Å². The van der Waals surface area contributed by atoms with Crippen LogP contribution in [0.1, 0.15) is 16.7 Å². The van der Waals surface area contributed by atoms with Gasteiger partial charge in [0.05, 0.1) is 5.69 Å². The third-order valence-corrected chi connectivity index (χ3v) is 4.27. The number of amides is 1. The van der Waals surface area contributed by atoms with Gasteiger partial charge in [-0.25, -0.2) is 0 Å². The second kappa shape index (κ2) is 9.32. The molecule has 6 heteroatoms. The molecule has 0 aliphatic rings. The van der Waals surface area contributed by atoms with Gasteiger partial charge in [-0.3, -0.25) is 4.79 Å². The van der Waals surface area contributed by atoms with Crippen LogP contribution in [0.3, 0.4) is 0 Å². The first kappa shape index (κ1) is 19.8. The van der Waals surface area contributed by atoms with Crippen molar-refractivity contribution in [3.63, 3.8) is 0 Å². The summed E-state index contributed by atoms with van der Waals surface area (Å²) in [5, 5.41) is 31.2. The molecule has 3 rings (SSSR count). The second-order valence-corrected chi connectivity index (χ2v) is 6.42. The van der Waals surface area contributed by atoms with Crippen LogP contribution in [0.2, 0.25) is 0 Å². The Balaban J connectivity index is 1.73. The van der Waals surface area contributed by atoms with E-state index in [1.54, 1.807) is 18.2 Å². The Labute approximate surface area is 168 Å². The fourth-order valence-corrected chi connectivity index (χ4v) is 2.70. The minimum absolute atomic E-state index is 0.0104. The number of hydrogen-bond donors (Lipinski definition) is 3. The summed E-state index contributed by atoms with van der Waals surface area (Å²) in [6.07, 6.45) is 1.74. The monoisotopic (exact) mass is 387 g/mol. The minimum Gasteiger partial charge on any atom is -0.508 e. The molecule has 0 spiro atoms. The summed E-state index contributed by atoms with van der Waals surface area (Å²) in [7, 11) is 0. The van der Waals surface area contributed by atoms with Crippen molar-refractivity contribution < 1.29 is 15.0 Å². The number of hydrogen-bond acceptors (Lipinski definition) is 5. The molecule has 146 valence electrons. The number of phenols is 2. The first-order valence-electron chi connectivity index (χ1n) is 9.05. The molecule has 1 amide bonds. The molecule has 0 aromatic heterocycles. The van der Waals surface area contributed by atoms with Gasteiger partial charge in [0.2, 0.25) is 5.91 Å². The van der Waals surface area contributed by atoms with E-state index < -0.39 is 0 Å². The van der Waals surface area contributed by atoms with Crippen molar-refractivity contribution in [1.29, 1.82) is 0 Å². The van der Waals surface area contributed by atoms with Gasteiger partial charge in [-0.15, -0.1) is 5.11 Å². The Morgan fingerprint density at radius 2 is 1.66 bits per heavy atom. The molecule has 0 aliphatic carbocycles. The molecule has 0 radical (unpaired) electrons. The molecule has 0 aliphatic heterocycles. The number of nitrogens with zero attached hydrogens (tertiary/aromatic N) is 2. The third kappa shape index (κ3) is 5.52. The Kier molecular flexibility index (Phi) is 6.37. The molecular formula is C23H21N3O3. The Bertz CT molecular complexity index is 1030.